The number of amides is 1. The quantitative estimate of drug-likeness (QED) is 0.319. The molecule has 36 heavy (non-hydrogen) atoms. The van der Waals surface area contributed by atoms with E-state index in [9.17, 15) is 28.5 Å². The summed E-state index contributed by atoms with van der Waals surface area (Å²) < 4.78 is 30.7. The van der Waals surface area contributed by atoms with E-state index in [2.05, 4.69) is 26.1 Å². The van der Waals surface area contributed by atoms with Crippen molar-refractivity contribution in [1.82, 2.24) is 5.32 Å². The van der Waals surface area contributed by atoms with Crippen molar-refractivity contribution in [2.75, 3.05) is 12.3 Å². The van der Waals surface area contributed by atoms with E-state index in [4.69, 9.17) is 4.55 Å². The molecule has 12 atom stereocenters. The Bertz CT molecular complexity index is 927. The van der Waals surface area contributed by atoms with Crippen LogP contribution >= 0.6 is 0 Å². The standard InChI is InChI=1S/C27H47NO7S/c1-15(11-16(2)25(32)28-9-10-36(33,34)35)19-5-6-20-24-21(14-23(31)27(19,20)4)26(3)8-7-18(29)12-17(26)13-22(24)30/h15-24,29-31H,5-14H2,1-4H3,(H,28,32)(H,33,34,35)/t15-,16-,17?,18-,19-,20?,21?,22-,23+,24?,26+,27-/m1/s1. The lowest BCUT2D eigenvalue weighted by molar-refractivity contribution is -0.207. The Hall–Kier alpha value is -0.740. The molecule has 5 N–H and O–H groups in total. The predicted octanol–water partition coefficient (Wildman–Crippen LogP) is 2.61. The van der Waals surface area contributed by atoms with Gasteiger partial charge in [-0.2, -0.15) is 8.42 Å². The highest BCUT2D eigenvalue weighted by atomic mass is 32.2. The van der Waals surface area contributed by atoms with E-state index < -0.39 is 28.1 Å². The zero-order valence-electron chi connectivity index (χ0n) is 22.3. The van der Waals surface area contributed by atoms with Gasteiger partial charge in [0.05, 0.1) is 24.1 Å². The van der Waals surface area contributed by atoms with Gasteiger partial charge in [-0.1, -0.05) is 27.7 Å². The lowest BCUT2D eigenvalue weighted by atomic mass is 9.43. The fourth-order valence-corrected chi connectivity index (χ4v) is 9.80. The van der Waals surface area contributed by atoms with E-state index in [1.807, 2.05) is 6.92 Å². The van der Waals surface area contributed by atoms with Gasteiger partial charge in [-0.3, -0.25) is 9.35 Å². The number of aliphatic hydroxyl groups excluding tert-OH is 3. The van der Waals surface area contributed by atoms with E-state index in [0.717, 1.165) is 38.5 Å². The third kappa shape index (κ3) is 4.99. The Balaban J connectivity index is 1.46. The topological polar surface area (TPSA) is 144 Å². The number of aliphatic hydroxyl groups is 3. The summed E-state index contributed by atoms with van der Waals surface area (Å²) >= 11 is 0. The summed E-state index contributed by atoms with van der Waals surface area (Å²) in [7, 11) is -4.11. The first-order chi connectivity index (χ1) is 16.7. The Morgan fingerprint density at radius 3 is 2.39 bits per heavy atom. The molecule has 4 saturated carbocycles. The minimum absolute atomic E-state index is 0.0454. The van der Waals surface area contributed by atoms with Gasteiger partial charge in [-0.15, -0.1) is 0 Å². The van der Waals surface area contributed by atoms with Crippen molar-refractivity contribution < 1.29 is 33.1 Å². The second-order valence-electron chi connectivity index (χ2n) is 13.2. The summed E-state index contributed by atoms with van der Waals surface area (Å²) in [4.78, 5) is 12.5. The van der Waals surface area contributed by atoms with Gasteiger partial charge < -0.3 is 20.6 Å². The first-order valence-corrected chi connectivity index (χ1v) is 15.6. The zero-order chi connectivity index (χ0) is 26.6. The fraction of sp³-hybridized carbons (Fsp3) is 0.963. The minimum atomic E-state index is -4.11. The van der Waals surface area contributed by atoms with Crippen LogP contribution in [0.1, 0.15) is 79.1 Å². The number of hydrogen-bond donors (Lipinski definition) is 5. The smallest absolute Gasteiger partial charge is 0.266 e. The first kappa shape index (κ1) is 28.3. The van der Waals surface area contributed by atoms with Crippen LogP contribution in [0.5, 0.6) is 0 Å². The van der Waals surface area contributed by atoms with Crippen LogP contribution in [0.25, 0.3) is 0 Å². The zero-order valence-corrected chi connectivity index (χ0v) is 23.1. The molecule has 4 aliphatic rings. The van der Waals surface area contributed by atoms with Crippen LogP contribution in [0, 0.1) is 52.3 Å². The average Bonchev–Trinajstić information content (AvgIpc) is 3.13. The van der Waals surface area contributed by atoms with Gasteiger partial charge in [0.15, 0.2) is 0 Å². The summed E-state index contributed by atoms with van der Waals surface area (Å²) in [5.74, 6) is 0.324. The van der Waals surface area contributed by atoms with Crippen LogP contribution in [0.2, 0.25) is 0 Å². The summed E-state index contributed by atoms with van der Waals surface area (Å²) in [5.41, 5.74) is -0.274. The molecule has 4 rings (SSSR count). The molecule has 4 fully saturated rings. The van der Waals surface area contributed by atoms with Gasteiger partial charge in [0.2, 0.25) is 5.91 Å². The second kappa shape index (κ2) is 10.1. The maximum atomic E-state index is 12.5. The fourth-order valence-electron chi connectivity index (χ4n) is 9.44. The molecule has 0 heterocycles. The molecule has 1 amide bonds. The number of fused-ring (bicyclic) bond motifs is 5. The molecule has 0 saturated heterocycles. The Morgan fingerprint density at radius 2 is 1.72 bits per heavy atom. The molecule has 208 valence electrons. The number of rotatable bonds is 7. The van der Waals surface area contributed by atoms with Gasteiger partial charge in [0.1, 0.15) is 0 Å². The summed E-state index contributed by atoms with van der Waals surface area (Å²) in [6.07, 6.45) is 5.33. The van der Waals surface area contributed by atoms with E-state index in [1.165, 1.54) is 0 Å². The number of nitrogens with one attached hydrogen (secondary N) is 1. The highest BCUT2D eigenvalue weighted by Crippen LogP contribution is 2.68. The molecule has 4 unspecified atom stereocenters. The minimum Gasteiger partial charge on any atom is -0.393 e. The number of hydrogen-bond acceptors (Lipinski definition) is 6. The average molecular weight is 530 g/mol. The molecular formula is C27H47NO7S. The molecule has 8 nitrogen and oxygen atoms in total. The van der Waals surface area contributed by atoms with E-state index in [0.29, 0.717) is 18.8 Å². The highest BCUT2D eigenvalue weighted by Gasteiger charge is 2.65. The van der Waals surface area contributed by atoms with E-state index in [1.54, 1.807) is 0 Å². The van der Waals surface area contributed by atoms with Gasteiger partial charge in [0, 0.05) is 12.5 Å². The summed E-state index contributed by atoms with van der Waals surface area (Å²) in [6.45, 7) is 8.41. The van der Waals surface area contributed by atoms with Crippen molar-refractivity contribution in [3.63, 3.8) is 0 Å². The molecule has 0 spiro atoms. The van der Waals surface area contributed by atoms with E-state index >= 15 is 0 Å². The van der Waals surface area contributed by atoms with Crippen LogP contribution < -0.4 is 5.32 Å². The Morgan fingerprint density at radius 1 is 1.03 bits per heavy atom. The molecule has 0 aromatic heterocycles. The van der Waals surface area contributed by atoms with Crippen LogP contribution in [-0.2, 0) is 14.9 Å². The first-order valence-electron chi connectivity index (χ1n) is 14.0. The third-order valence-corrected chi connectivity index (χ3v) is 12.1. The SMILES string of the molecule is C[C@H](C[C@@H](C)[C@H]1CCC2C3C(C[C@H](O)[C@@]21C)[C@@]1(C)CC[C@@H](O)CC1C[C@H]3O)C(=O)NCCS(=O)(=O)O. The van der Waals surface area contributed by atoms with Crippen molar-refractivity contribution in [2.24, 2.45) is 52.3 Å². The molecular weight excluding hydrogens is 482 g/mol. The van der Waals surface area contributed by atoms with Crippen molar-refractivity contribution in [3.05, 3.63) is 0 Å². The second-order valence-corrected chi connectivity index (χ2v) is 14.8. The molecule has 0 radical (unpaired) electrons. The van der Waals surface area contributed by atoms with Crippen molar-refractivity contribution in [1.29, 1.82) is 0 Å². The summed E-state index contributed by atoms with van der Waals surface area (Å²) in [6, 6.07) is 0. The largest absolute Gasteiger partial charge is 0.393 e. The lowest BCUT2D eigenvalue weighted by Gasteiger charge is -2.63. The van der Waals surface area contributed by atoms with E-state index in [-0.39, 0.29) is 64.9 Å². The maximum Gasteiger partial charge on any atom is 0.266 e. The number of carbonyl (C=O) groups is 1. The van der Waals surface area contributed by atoms with Crippen LogP contribution in [0.4, 0.5) is 0 Å². The molecule has 0 bridgehead atoms. The highest BCUT2D eigenvalue weighted by molar-refractivity contribution is 7.85. The van der Waals surface area contributed by atoms with Gasteiger partial charge in [-0.05, 0) is 97.7 Å². The predicted molar refractivity (Wildman–Crippen MR) is 136 cm³/mol. The molecule has 0 aromatic rings. The molecule has 9 heteroatoms. The van der Waals surface area contributed by atoms with Gasteiger partial charge in [-0.25, -0.2) is 0 Å². The molecule has 0 aromatic carbocycles. The Labute approximate surface area is 216 Å². The number of carbonyl (C=O) groups excluding carboxylic acids is 1. The maximum absolute atomic E-state index is 12.5. The van der Waals surface area contributed by atoms with Gasteiger partial charge in [0.25, 0.3) is 10.1 Å². The Kier molecular flexibility index (Phi) is 7.93. The van der Waals surface area contributed by atoms with Crippen LogP contribution in [0.3, 0.4) is 0 Å². The monoisotopic (exact) mass is 529 g/mol. The van der Waals surface area contributed by atoms with Crippen molar-refractivity contribution >= 4 is 16.0 Å². The summed E-state index contributed by atoms with van der Waals surface area (Å²) in [5, 5.41) is 36.0. The van der Waals surface area contributed by atoms with Crippen LogP contribution in [-0.4, -0.2) is 64.8 Å². The molecule has 0 aliphatic heterocycles. The normalized spacial score (nSPS) is 46.2. The van der Waals surface area contributed by atoms with Crippen molar-refractivity contribution in [3.8, 4) is 0 Å². The van der Waals surface area contributed by atoms with Crippen molar-refractivity contribution in [2.45, 2.75) is 97.4 Å². The van der Waals surface area contributed by atoms with Gasteiger partial charge >= 0.3 is 0 Å². The third-order valence-electron chi connectivity index (χ3n) is 11.4. The van der Waals surface area contributed by atoms with Crippen LogP contribution in [0.15, 0.2) is 0 Å². The lowest BCUT2D eigenvalue weighted by Crippen LogP contribution is -2.62. The molecule has 4 aliphatic carbocycles.